The molecule has 0 aliphatic carbocycles. The highest BCUT2D eigenvalue weighted by atomic mass is 19.1. The number of rotatable bonds is 3. The topological polar surface area (TPSA) is 40.5 Å². The quantitative estimate of drug-likeness (QED) is 0.858. The van der Waals surface area contributed by atoms with Crippen LogP contribution in [-0.4, -0.2) is 23.7 Å². The molecular weight excluding hydrogens is 209 g/mol. The zero-order valence-electron chi connectivity index (χ0n) is 9.91. The molecule has 0 bridgehead atoms. The molecule has 4 heteroatoms. The number of aliphatic carboxylic acids is 1. The van der Waals surface area contributed by atoms with Crippen molar-refractivity contribution in [1.82, 2.24) is 0 Å². The Bertz CT molecular complexity index is 415. The van der Waals surface area contributed by atoms with E-state index < -0.39 is 11.5 Å². The lowest BCUT2D eigenvalue weighted by atomic mass is 10.0. The normalized spacial score (nSPS) is 11.3. The van der Waals surface area contributed by atoms with Gasteiger partial charge in [0, 0.05) is 12.7 Å². The zero-order chi connectivity index (χ0) is 12.5. The summed E-state index contributed by atoms with van der Waals surface area (Å²) in [5.74, 6) is -1.21. The van der Waals surface area contributed by atoms with E-state index in [0.29, 0.717) is 11.3 Å². The van der Waals surface area contributed by atoms with E-state index in [1.807, 2.05) is 0 Å². The summed E-state index contributed by atoms with van der Waals surface area (Å²) in [6, 6.07) is 4.56. The number of nitrogens with zero attached hydrogens (tertiary/aromatic N) is 1. The molecule has 0 spiro atoms. The molecule has 0 saturated carbocycles. The Morgan fingerprint density at radius 1 is 1.44 bits per heavy atom. The van der Waals surface area contributed by atoms with Crippen LogP contribution in [0.5, 0.6) is 0 Å². The molecule has 0 fully saturated rings. The molecule has 0 unspecified atom stereocenters. The van der Waals surface area contributed by atoms with Gasteiger partial charge in [-0.3, -0.25) is 0 Å². The van der Waals surface area contributed by atoms with Gasteiger partial charge in [0.05, 0.1) is 0 Å². The molecule has 0 aromatic heterocycles. The highest BCUT2D eigenvalue weighted by Gasteiger charge is 2.32. The lowest BCUT2D eigenvalue weighted by molar-refractivity contribution is -0.142. The SMILES string of the molecule is Cc1cc(N(C)C(C)(C)C(=O)O)ccc1F. The summed E-state index contributed by atoms with van der Waals surface area (Å²) >= 11 is 0. The second kappa shape index (κ2) is 4.12. The second-order valence-corrected chi connectivity index (χ2v) is 4.36. The molecule has 0 heterocycles. The fourth-order valence-corrected chi connectivity index (χ4v) is 1.30. The van der Waals surface area contributed by atoms with Gasteiger partial charge < -0.3 is 10.0 Å². The third kappa shape index (κ3) is 2.15. The first-order valence-corrected chi connectivity index (χ1v) is 5.00. The third-order valence-corrected chi connectivity index (χ3v) is 2.89. The Morgan fingerprint density at radius 3 is 2.44 bits per heavy atom. The molecule has 0 aliphatic rings. The number of anilines is 1. The number of benzene rings is 1. The molecule has 1 aromatic rings. The molecule has 1 aromatic carbocycles. The summed E-state index contributed by atoms with van der Waals surface area (Å²) in [4.78, 5) is 12.7. The summed E-state index contributed by atoms with van der Waals surface area (Å²) in [5.41, 5.74) is 0.168. The van der Waals surface area contributed by atoms with E-state index in [0.717, 1.165) is 0 Å². The molecule has 0 aliphatic heterocycles. The minimum Gasteiger partial charge on any atom is -0.480 e. The maximum Gasteiger partial charge on any atom is 0.328 e. The van der Waals surface area contributed by atoms with Crippen LogP contribution in [0.2, 0.25) is 0 Å². The molecule has 1 N–H and O–H groups in total. The molecule has 0 atom stereocenters. The summed E-state index contributed by atoms with van der Waals surface area (Å²) in [6.45, 7) is 4.86. The molecular formula is C12H16FNO2. The van der Waals surface area contributed by atoms with Crippen LogP contribution in [0.15, 0.2) is 18.2 Å². The minimum atomic E-state index is -1.02. The van der Waals surface area contributed by atoms with Crippen molar-refractivity contribution in [2.75, 3.05) is 11.9 Å². The van der Waals surface area contributed by atoms with Crippen molar-refractivity contribution in [2.24, 2.45) is 0 Å². The fourth-order valence-electron chi connectivity index (χ4n) is 1.30. The maximum atomic E-state index is 13.1. The largest absolute Gasteiger partial charge is 0.480 e. The van der Waals surface area contributed by atoms with Crippen molar-refractivity contribution in [3.8, 4) is 0 Å². The monoisotopic (exact) mass is 225 g/mol. The molecule has 16 heavy (non-hydrogen) atoms. The van der Waals surface area contributed by atoms with Gasteiger partial charge in [-0.2, -0.15) is 0 Å². The van der Waals surface area contributed by atoms with Crippen LogP contribution in [-0.2, 0) is 4.79 Å². The number of halogens is 1. The summed E-state index contributed by atoms with van der Waals surface area (Å²) in [6.07, 6.45) is 0. The third-order valence-electron chi connectivity index (χ3n) is 2.89. The zero-order valence-corrected chi connectivity index (χ0v) is 9.91. The van der Waals surface area contributed by atoms with Gasteiger partial charge in [0.1, 0.15) is 11.4 Å². The van der Waals surface area contributed by atoms with Gasteiger partial charge in [0.15, 0.2) is 0 Å². The molecule has 1 rings (SSSR count). The van der Waals surface area contributed by atoms with Crippen molar-refractivity contribution in [2.45, 2.75) is 26.3 Å². The van der Waals surface area contributed by atoms with Gasteiger partial charge in [-0.25, -0.2) is 9.18 Å². The smallest absolute Gasteiger partial charge is 0.328 e. The Balaban J connectivity index is 3.10. The predicted molar refractivity (Wildman–Crippen MR) is 61.3 cm³/mol. The Kier molecular flexibility index (Phi) is 3.21. The van der Waals surface area contributed by atoms with Gasteiger partial charge in [-0.05, 0) is 44.5 Å². The van der Waals surface area contributed by atoms with Crippen molar-refractivity contribution >= 4 is 11.7 Å². The number of aryl methyl sites for hydroxylation is 1. The average molecular weight is 225 g/mol. The first-order chi connectivity index (χ1) is 7.26. The number of carboxylic acid groups (broad SMARTS) is 1. The molecule has 0 radical (unpaired) electrons. The molecule has 88 valence electrons. The van der Waals surface area contributed by atoms with Crippen molar-refractivity contribution < 1.29 is 14.3 Å². The number of likely N-dealkylation sites (N-methyl/N-ethyl adjacent to an activating group) is 1. The maximum absolute atomic E-state index is 13.1. The first-order valence-electron chi connectivity index (χ1n) is 5.00. The van der Waals surface area contributed by atoms with E-state index in [4.69, 9.17) is 5.11 Å². The van der Waals surface area contributed by atoms with E-state index in [1.54, 1.807) is 44.9 Å². The lowest BCUT2D eigenvalue weighted by Gasteiger charge is -2.33. The van der Waals surface area contributed by atoms with E-state index in [2.05, 4.69) is 0 Å². The number of hydrogen-bond donors (Lipinski definition) is 1. The van der Waals surface area contributed by atoms with Gasteiger partial charge in [0.2, 0.25) is 0 Å². The van der Waals surface area contributed by atoms with Crippen LogP contribution in [0, 0.1) is 12.7 Å². The molecule has 3 nitrogen and oxygen atoms in total. The second-order valence-electron chi connectivity index (χ2n) is 4.36. The first kappa shape index (κ1) is 12.5. The van der Waals surface area contributed by atoms with Crippen LogP contribution in [0.3, 0.4) is 0 Å². The van der Waals surface area contributed by atoms with Gasteiger partial charge in [0.25, 0.3) is 0 Å². The summed E-state index contributed by atoms with van der Waals surface area (Å²) in [5, 5.41) is 9.08. The van der Waals surface area contributed by atoms with Crippen LogP contribution in [0.1, 0.15) is 19.4 Å². The van der Waals surface area contributed by atoms with Crippen LogP contribution < -0.4 is 4.90 Å². The van der Waals surface area contributed by atoms with Gasteiger partial charge in [-0.1, -0.05) is 0 Å². The van der Waals surface area contributed by atoms with E-state index in [-0.39, 0.29) is 5.82 Å². The van der Waals surface area contributed by atoms with E-state index in [9.17, 15) is 9.18 Å². The van der Waals surface area contributed by atoms with Crippen molar-refractivity contribution in [1.29, 1.82) is 0 Å². The summed E-state index contributed by atoms with van der Waals surface area (Å²) < 4.78 is 13.1. The highest BCUT2D eigenvalue weighted by molar-refractivity contribution is 5.82. The molecule has 0 saturated heterocycles. The Hall–Kier alpha value is -1.58. The van der Waals surface area contributed by atoms with Crippen molar-refractivity contribution in [3.63, 3.8) is 0 Å². The Morgan fingerprint density at radius 2 is 2.00 bits per heavy atom. The van der Waals surface area contributed by atoms with Gasteiger partial charge in [-0.15, -0.1) is 0 Å². The number of hydrogen-bond acceptors (Lipinski definition) is 2. The standard InChI is InChI=1S/C12H16FNO2/c1-8-7-9(5-6-10(8)13)14(4)12(2,3)11(15)16/h5-7H,1-4H3,(H,15,16). The predicted octanol–water partition coefficient (Wildman–Crippen LogP) is 2.43. The van der Waals surface area contributed by atoms with Crippen LogP contribution >= 0.6 is 0 Å². The number of carbonyl (C=O) groups is 1. The summed E-state index contributed by atoms with van der Waals surface area (Å²) in [7, 11) is 1.68. The van der Waals surface area contributed by atoms with Gasteiger partial charge >= 0.3 is 5.97 Å². The Labute approximate surface area is 94.5 Å². The van der Waals surface area contributed by atoms with Crippen LogP contribution in [0.4, 0.5) is 10.1 Å². The molecule has 0 amide bonds. The fraction of sp³-hybridized carbons (Fsp3) is 0.417. The van der Waals surface area contributed by atoms with E-state index in [1.165, 1.54) is 6.07 Å². The van der Waals surface area contributed by atoms with Crippen LogP contribution in [0.25, 0.3) is 0 Å². The minimum absolute atomic E-state index is 0.287. The van der Waals surface area contributed by atoms with Crippen molar-refractivity contribution in [3.05, 3.63) is 29.6 Å². The van der Waals surface area contributed by atoms with E-state index >= 15 is 0 Å². The lowest BCUT2D eigenvalue weighted by Crippen LogP contribution is -2.48. The highest BCUT2D eigenvalue weighted by Crippen LogP contribution is 2.24. The number of carboxylic acids is 1. The average Bonchev–Trinajstić information content (AvgIpc) is 2.20.